The molecule has 0 spiro atoms. The van der Waals surface area contributed by atoms with Crippen LogP contribution in [0, 0.1) is 0 Å². The number of hydrogen-bond donors (Lipinski definition) is 1. The number of fused-ring (bicyclic) bond motifs is 3. The lowest BCUT2D eigenvalue weighted by Gasteiger charge is -2.12. The van der Waals surface area contributed by atoms with Gasteiger partial charge in [0.25, 0.3) is 5.56 Å². The van der Waals surface area contributed by atoms with E-state index < -0.39 is 5.97 Å². The smallest absolute Gasteiger partial charge is 0.335 e. The second-order valence-electron chi connectivity index (χ2n) is 6.32. The average molecular weight is 354 g/mol. The first-order valence-electron chi connectivity index (χ1n) is 8.44. The van der Waals surface area contributed by atoms with Crippen molar-refractivity contribution in [2.75, 3.05) is 0 Å². The zero-order valence-electron chi connectivity index (χ0n) is 13.9. The molecule has 0 radical (unpaired) electrons. The van der Waals surface area contributed by atoms with Crippen LogP contribution in [0.4, 0.5) is 0 Å². The third kappa shape index (κ3) is 2.66. The summed E-state index contributed by atoms with van der Waals surface area (Å²) in [5.41, 5.74) is 2.20. The van der Waals surface area contributed by atoms with Gasteiger partial charge >= 0.3 is 5.97 Å². The molecule has 0 unspecified atom stereocenters. The maximum Gasteiger partial charge on any atom is 0.335 e. The van der Waals surface area contributed by atoms with Crippen LogP contribution in [0.3, 0.4) is 0 Å². The van der Waals surface area contributed by atoms with Crippen molar-refractivity contribution in [3.05, 3.63) is 62.0 Å². The predicted molar refractivity (Wildman–Crippen MR) is 97.8 cm³/mol. The van der Waals surface area contributed by atoms with Gasteiger partial charge in [-0.3, -0.25) is 9.36 Å². The van der Waals surface area contributed by atoms with E-state index in [9.17, 15) is 14.7 Å². The lowest BCUT2D eigenvalue weighted by molar-refractivity contribution is 0.0696. The Morgan fingerprint density at radius 2 is 2.20 bits per heavy atom. The van der Waals surface area contributed by atoms with E-state index in [1.54, 1.807) is 34.1 Å². The topological polar surface area (TPSA) is 72.2 Å². The van der Waals surface area contributed by atoms with Crippen LogP contribution in [0.2, 0.25) is 0 Å². The molecule has 1 aromatic carbocycles. The number of aromatic nitrogens is 2. The minimum atomic E-state index is -0.964. The summed E-state index contributed by atoms with van der Waals surface area (Å²) in [7, 11) is 0. The Bertz CT molecular complexity index is 1050. The maximum atomic E-state index is 13.2. The minimum absolute atomic E-state index is 0.00183. The van der Waals surface area contributed by atoms with Gasteiger partial charge in [0.15, 0.2) is 0 Å². The molecule has 0 bridgehead atoms. The van der Waals surface area contributed by atoms with E-state index in [-0.39, 0.29) is 11.1 Å². The zero-order chi connectivity index (χ0) is 17.6. The fourth-order valence-corrected chi connectivity index (χ4v) is 4.81. The molecule has 0 fully saturated rings. The molecule has 0 aliphatic heterocycles. The van der Waals surface area contributed by atoms with Gasteiger partial charge in [0.1, 0.15) is 10.7 Å². The molecular weight excluding hydrogens is 336 g/mol. The van der Waals surface area contributed by atoms with Gasteiger partial charge in [-0.25, -0.2) is 9.78 Å². The highest BCUT2D eigenvalue weighted by atomic mass is 32.1. The highest BCUT2D eigenvalue weighted by Crippen LogP contribution is 2.34. The number of rotatable bonds is 4. The monoisotopic (exact) mass is 354 g/mol. The zero-order valence-corrected chi connectivity index (χ0v) is 14.7. The summed E-state index contributed by atoms with van der Waals surface area (Å²) in [6.45, 7) is 2.33. The van der Waals surface area contributed by atoms with Crippen LogP contribution in [-0.2, 0) is 25.8 Å². The molecule has 0 saturated carbocycles. The van der Waals surface area contributed by atoms with Crippen LogP contribution < -0.4 is 5.56 Å². The first-order valence-corrected chi connectivity index (χ1v) is 9.26. The Hall–Kier alpha value is -2.47. The Labute approximate surface area is 148 Å². The fraction of sp³-hybridized carbons (Fsp3) is 0.316. The van der Waals surface area contributed by atoms with Crippen molar-refractivity contribution in [1.82, 2.24) is 9.55 Å². The molecule has 0 saturated heterocycles. The number of benzene rings is 1. The summed E-state index contributed by atoms with van der Waals surface area (Å²) in [5.74, 6) is -0.215. The molecule has 4 rings (SSSR count). The van der Waals surface area contributed by atoms with Crippen molar-refractivity contribution in [2.45, 2.75) is 39.2 Å². The van der Waals surface area contributed by atoms with Gasteiger partial charge in [0.2, 0.25) is 0 Å². The van der Waals surface area contributed by atoms with Gasteiger partial charge < -0.3 is 5.11 Å². The quantitative estimate of drug-likeness (QED) is 0.781. The van der Waals surface area contributed by atoms with Gasteiger partial charge in [-0.05, 0) is 42.5 Å². The van der Waals surface area contributed by atoms with Crippen molar-refractivity contribution in [3.8, 4) is 0 Å². The molecule has 6 heteroatoms. The van der Waals surface area contributed by atoms with Crippen molar-refractivity contribution in [3.63, 3.8) is 0 Å². The first-order chi connectivity index (χ1) is 12.1. The van der Waals surface area contributed by atoms with E-state index in [4.69, 9.17) is 4.98 Å². The predicted octanol–water partition coefficient (Wildman–Crippen LogP) is 3.26. The van der Waals surface area contributed by atoms with Crippen LogP contribution in [0.1, 0.15) is 45.5 Å². The van der Waals surface area contributed by atoms with Crippen LogP contribution in [0.5, 0.6) is 0 Å². The molecule has 1 N–H and O–H groups in total. The number of hydrogen-bond acceptors (Lipinski definition) is 4. The first kappa shape index (κ1) is 16.0. The van der Waals surface area contributed by atoms with Crippen LogP contribution in [0.25, 0.3) is 10.2 Å². The van der Waals surface area contributed by atoms with Crippen molar-refractivity contribution in [1.29, 1.82) is 0 Å². The number of carboxylic acids is 1. The molecule has 2 heterocycles. The molecule has 0 amide bonds. The summed E-state index contributed by atoms with van der Waals surface area (Å²) < 4.78 is 1.70. The van der Waals surface area contributed by atoms with E-state index in [1.807, 2.05) is 13.0 Å². The number of thiophene rings is 1. The lowest BCUT2D eigenvalue weighted by atomic mass is 10.1. The normalized spacial score (nSPS) is 13.3. The van der Waals surface area contributed by atoms with Crippen molar-refractivity contribution in [2.24, 2.45) is 0 Å². The second kappa shape index (κ2) is 6.11. The minimum Gasteiger partial charge on any atom is -0.478 e. The maximum absolute atomic E-state index is 13.2. The van der Waals surface area contributed by atoms with Gasteiger partial charge in [0, 0.05) is 11.3 Å². The van der Waals surface area contributed by atoms with E-state index in [0.717, 1.165) is 40.9 Å². The van der Waals surface area contributed by atoms with Crippen molar-refractivity contribution >= 4 is 27.5 Å². The SMILES string of the molecule is CCc1nc2sc3c(c2c(=O)n1Cc1cccc(C(=O)O)c1)CCC3. The third-order valence-electron chi connectivity index (χ3n) is 4.73. The molecule has 1 aliphatic carbocycles. The lowest BCUT2D eigenvalue weighted by Crippen LogP contribution is -2.25. The molecule has 0 atom stereocenters. The van der Waals surface area contributed by atoms with Crippen LogP contribution in [-0.4, -0.2) is 20.6 Å². The van der Waals surface area contributed by atoms with Gasteiger partial charge in [-0.2, -0.15) is 0 Å². The fourth-order valence-electron chi connectivity index (χ4n) is 3.54. The summed E-state index contributed by atoms with van der Waals surface area (Å²) in [6, 6.07) is 6.74. The van der Waals surface area contributed by atoms with Crippen LogP contribution >= 0.6 is 11.3 Å². The number of carbonyl (C=O) groups is 1. The highest BCUT2D eigenvalue weighted by molar-refractivity contribution is 7.18. The number of aryl methyl sites for hydroxylation is 3. The van der Waals surface area contributed by atoms with Gasteiger partial charge in [0.05, 0.1) is 17.5 Å². The molecule has 3 aromatic rings. The Balaban J connectivity index is 1.86. The Morgan fingerprint density at radius 3 is 2.96 bits per heavy atom. The molecular formula is C19H18N2O3S. The highest BCUT2D eigenvalue weighted by Gasteiger charge is 2.22. The largest absolute Gasteiger partial charge is 0.478 e. The number of carboxylic acid groups (broad SMARTS) is 1. The molecule has 2 aromatic heterocycles. The number of aromatic carboxylic acids is 1. The van der Waals surface area contributed by atoms with Crippen molar-refractivity contribution < 1.29 is 9.90 Å². The summed E-state index contributed by atoms with van der Waals surface area (Å²) in [5, 5.41) is 9.94. The third-order valence-corrected chi connectivity index (χ3v) is 5.92. The van der Waals surface area contributed by atoms with Gasteiger partial charge in [-0.1, -0.05) is 19.1 Å². The van der Waals surface area contributed by atoms with E-state index in [1.165, 1.54) is 10.4 Å². The summed E-state index contributed by atoms with van der Waals surface area (Å²) in [4.78, 5) is 31.2. The van der Waals surface area contributed by atoms with E-state index in [2.05, 4.69) is 0 Å². The molecule has 1 aliphatic rings. The molecule has 5 nitrogen and oxygen atoms in total. The summed E-state index contributed by atoms with van der Waals surface area (Å²) >= 11 is 1.65. The standard InChI is InChI=1S/C19H18N2O3S/c1-2-15-20-17-16(13-7-4-8-14(13)25-17)18(22)21(15)10-11-5-3-6-12(9-11)19(23)24/h3,5-6,9H,2,4,7-8,10H2,1H3,(H,23,24). The van der Waals surface area contributed by atoms with Crippen LogP contribution in [0.15, 0.2) is 29.1 Å². The molecule has 25 heavy (non-hydrogen) atoms. The Kier molecular flexibility index (Phi) is 3.92. The Morgan fingerprint density at radius 1 is 1.36 bits per heavy atom. The van der Waals surface area contributed by atoms with E-state index >= 15 is 0 Å². The number of nitrogens with zero attached hydrogens (tertiary/aromatic N) is 2. The van der Waals surface area contributed by atoms with E-state index in [0.29, 0.717) is 13.0 Å². The molecule has 128 valence electrons. The average Bonchev–Trinajstić information content (AvgIpc) is 3.18. The van der Waals surface area contributed by atoms with Gasteiger partial charge in [-0.15, -0.1) is 11.3 Å². The summed E-state index contributed by atoms with van der Waals surface area (Å²) in [6.07, 6.45) is 3.75. The second-order valence-corrected chi connectivity index (χ2v) is 7.40.